The average Bonchev–Trinajstić information content (AvgIpc) is 2.92. The molecule has 1 atom stereocenters. The highest BCUT2D eigenvalue weighted by Crippen LogP contribution is 2.38. The van der Waals surface area contributed by atoms with Crippen LogP contribution >= 0.6 is 11.8 Å². The number of rotatable bonds is 5. The molecule has 104 valence electrons. The van der Waals surface area contributed by atoms with Gasteiger partial charge in [0.05, 0.1) is 5.25 Å². The summed E-state index contributed by atoms with van der Waals surface area (Å²) >= 11 is 1.44. The Labute approximate surface area is 117 Å². The number of aromatic amines is 1. The smallest absolute Gasteiger partial charge is 0.233 e. The molecule has 0 aromatic carbocycles. The van der Waals surface area contributed by atoms with Crippen LogP contribution in [0.25, 0.3) is 0 Å². The topological polar surface area (TPSA) is 70.7 Å². The zero-order valence-electron chi connectivity index (χ0n) is 11.2. The molecule has 2 N–H and O–H groups in total. The summed E-state index contributed by atoms with van der Waals surface area (Å²) in [7, 11) is 0. The van der Waals surface area contributed by atoms with Gasteiger partial charge in [0.25, 0.3) is 0 Å². The van der Waals surface area contributed by atoms with Crippen molar-refractivity contribution in [2.75, 3.05) is 0 Å². The van der Waals surface area contributed by atoms with Crippen molar-refractivity contribution in [1.29, 1.82) is 0 Å². The highest BCUT2D eigenvalue weighted by Gasteiger charge is 2.28. The minimum atomic E-state index is -0.136. The second-order valence-electron chi connectivity index (χ2n) is 5.53. The van der Waals surface area contributed by atoms with Gasteiger partial charge in [-0.1, -0.05) is 24.6 Å². The van der Waals surface area contributed by atoms with E-state index in [1.807, 2.05) is 6.92 Å². The molecule has 3 rings (SSSR count). The molecule has 2 saturated carbocycles. The number of hydrogen-bond donors (Lipinski definition) is 2. The van der Waals surface area contributed by atoms with E-state index in [0.29, 0.717) is 17.1 Å². The Morgan fingerprint density at radius 2 is 2.11 bits per heavy atom. The van der Waals surface area contributed by atoms with Crippen LogP contribution in [-0.2, 0) is 4.79 Å². The van der Waals surface area contributed by atoms with Crippen LogP contribution in [0.2, 0.25) is 0 Å². The summed E-state index contributed by atoms with van der Waals surface area (Å²) in [5.74, 6) is 1.66. The van der Waals surface area contributed by atoms with Crippen LogP contribution in [-0.4, -0.2) is 32.4 Å². The Bertz CT molecular complexity index is 451. The lowest BCUT2D eigenvalue weighted by Crippen LogP contribution is -2.37. The molecular formula is C13H20N4OS. The van der Waals surface area contributed by atoms with Crippen LogP contribution in [0.15, 0.2) is 5.16 Å². The van der Waals surface area contributed by atoms with Crippen molar-refractivity contribution in [3.63, 3.8) is 0 Å². The molecule has 2 aliphatic carbocycles. The summed E-state index contributed by atoms with van der Waals surface area (Å²) in [6, 6.07) is 0.379. The molecule has 0 bridgehead atoms. The van der Waals surface area contributed by atoms with Gasteiger partial charge in [-0.05, 0) is 32.6 Å². The Morgan fingerprint density at radius 3 is 2.79 bits per heavy atom. The lowest BCUT2D eigenvalue weighted by molar-refractivity contribution is -0.120. The van der Waals surface area contributed by atoms with Crippen LogP contribution in [0.3, 0.4) is 0 Å². The molecule has 1 aromatic heterocycles. The average molecular weight is 280 g/mol. The lowest BCUT2D eigenvalue weighted by Gasteiger charge is -2.15. The number of nitrogens with one attached hydrogen (secondary N) is 2. The van der Waals surface area contributed by atoms with Crippen molar-refractivity contribution in [3.8, 4) is 0 Å². The number of hydrogen-bond acceptors (Lipinski definition) is 4. The van der Waals surface area contributed by atoms with Crippen molar-refractivity contribution in [1.82, 2.24) is 20.5 Å². The van der Waals surface area contributed by atoms with E-state index in [9.17, 15) is 4.79 Å². The fraction of sp³-hybridized carbons (Fsp3) is 0.769. The van der Waals surface area contributed by atoms with Gasteiger partial charge < -0.3 is 5.32 Å². The molecule has 5 nitrogen and oxygen atoms in total. The van der Waals surface area contributed by atoms with Gasteiger partial charge in [0.2, 0.25) is 11.1 Å². The normalized spacial score (nSPS) is 21.5. The summed E-state index contributed by atoms with van der Waals surface area (Å²) in [6.07, 6.45) is 7.12. The first-order valence-electron chi connectivity index (χ1n) is 7.11. The second kappa shape index (κ2) is 5.53. The third-order valence-corrected chi connectivity index (χ3v) is 4.76. The number of carbonyl (C=O) groups is 1. The molecule has 2 fully saturated rings. The highest BCUT2D eigenvalue weighted by atomic mass is 32.2. The number of amides is 1. The number of H-pyrrole nitrogens is 1. The summed E-state index contributed by atoms with van der Waals surface area (Å²) in [5.41, 5.74) is 0. The Balaban J connectivity index is 1.50. The lowest BCUT2D eigenvalue weighted by atomic mass is 10.2. The predicted molar refractivity (Wildman–Crippen MR) is 74.1 cm³/mol. The van der Waals surface area contributed by atoms with E-state index in [-0.39, 0.29) is 11.2 Å². The first-order chi connectivity index (χ1) is 9.22. The van der Waals surface area contributed by atoms with Crippen molar-refractivity contribution in [2.24, 2.45) is 0 Å². The molecule has 6 heteroatoms. The van der Waals surface area contributed by atoms with Gasteiger partial charge in [-0.2, -0.15) is 0 Å². The first kappa shape index (κ1) is 13.0. The summed E-state index contributed by atoms with van der Waals surface area (Å²) in [6.45, 7) is 1.92. The summed E-state index contributed by atoms with van der Waals surface area (Å²) in [5, 5.41) is 10.8. The van der Waals surface area contributed by atoms with E-state index < -0.39 is 0 Å². The molecule has 1 aromatic rings. The van der Waals surface area contributed by atoms with E-state index >= 15 is 0 Å². The first-order valence-corrected chi connectivity index (χ1v) is 7.99. The number of nitrogens with zero attached hydrogens (tertiary/aromatic N) is 2. The molecule has 0 radical (unpaired) electrons. The van der Waals surface area contributed by atoms with E-state index in [2.05, 4.69) is 20.5 Å². The highest BCUT2D eigenvalue weighted by molar-refractivity contribution is 8.00. The van der Waals surface area contributed by atoms with Crippen molar-refractivity contribution in [2.45, 2.75) is 67.8 Å². The Hall–Kier alpha value is -1.04. The third kappa shape index (κ3) is 3.29. The summed E-state index contributed by atoms with van der Waals surface area (Å²) < 4.78 is 0. The van der Waals surface area contributed by atoms with Crippen molar-refractivity contribution >= 4 is 17.7 Å². The molecule has 1 heterocycles. The third-order valence-electron chi connectivity index (χ3n) is 3.80. The maximum absolute atomic E-state index is 12.1. The monoisotopic (exact) mass is 280 g/mol. The molecule has 1 amide bonds. The Morgan fingerprint density at radius 1 is 1.37 bits per heavy atom. The van der Waals surface area contributed by atoms with Crippen LogP contribution in [0.5, 0.6) is 0 Å². The van der Waals surface area contributed by atoms with Crippen molar-refractivity contribution < 1.29 is 4.79 Å². The molecule has 0 aliphatic heterocycles. The molecule has 19 heavy (non-hydrogen) atoms. The quantitative estimate of drug-likeness (QED) is 0.811. The standard InChI is InChI=1S/C13H20N4OS/c1-8(12(18)14-10-4-2-3-5-10)19-13-15-11(16-17-13)9-6-7-9/h8-10H,2-7H2,1H3,(H,14,18)(H,15,16,17). The number of thioether (sulfide) groups is 1. The minimum absolute atomic E-state index is 0.106. The maximum atomic E-state index is 12.1. The fourth-order valence-electron chi connectivity index (χ4n) is 2.45. The van der Waals surface area contributed by atoms with Gasteiger partial charge in [-0.25, -0.2) is 4.98 Å². The van der Waals surface area contributed by atoms with Crippen LogP contribution in [0.1, 0.15) is 57.2 Å². The van der Waals surface area contributed by atoms with Gasteiger partial charge in [0, 0.05) is 12.0 Å². The summed E-state index contributed by atoms with van der Waals surface area (Å²) in [4.78, 5) is 16.5. The SMILES string of the molecule is CC(Sc1n[nH]c(C2CC2)n1)C(=O)NC1CCCC1. The van der Waals surface area contributed by atoms with E-state index in [0.717, 1.165) is 18.7 Å². The largest absolute Gasteiger partial charge is 0.352 e. The molecule has 0 spiro atoms. The van der Waals surface area contributed by atoms with E-state index in [1.54, 1.807) is 0 Å². The molecule has 0 saturated heterocycles. The van der Waals surface area contributed by atoms with Gasteiger partial charge in [-0.15, -0.1) is 5.10 Å². The Kier molecular flexibility index (Phi) is 3.77. The maximum Gasteiger partial charge on any atom is 0.233 e. The zero-order valence-corrected chi connectivity index (χ0v) is 12.0. The van der Waals surface area contributed by atoms with Crippen LogP contribution < -0.4 is 5.32 Å². The van der Waals surface area contributed by atoms with Crippen LogP contribution in [0.4, 0.5) is 0 Å². The second-order valence-corrected chi connectivity index (χ2v) is 6.84. The van der Waals surface area contributed by atoms with Gasteiger partial charge in [0.1, 0.15) is 5.82 Å². The molecule has 2 aliphatic rings. The molecule has 1 unspecified atom stereocenters. The van der Waals surface area contributed by atoms with Gasteiger partial charge in [0.15, 0.2) is 0 Å². The fourth-order valence-corrected chi connectivity index (χ4v) is 3.19. The predicted octanol–water partition coefficient (Wildman–Crippen LogP) is 2.22. The molecular weight excluding hydrogens is 260 g/mol. The van der Waals surface area contributed by atoms with Crippen molar-refractivity contribution in [3.05, 3.63) is 5.82 Å². The van der Waals surface area contributed by atoms with Crippen LogP contribution in [0, 0.1) is 0 Å². The zero-order chi connectivity index (χ0) is 13.2. The number of carbonyl (C=O) groups excluding carboxylic acids is 1. The van der Waals surface area contributed by atoms with Gasteiger partial charge >= 0.3 is 0 Å². The van der Waals surface area contributed by atoms with E-state index in [4.69, 9.17) is 0 Å². The number of aromatic nitrogens is 3. The minimum Gasteiger partial charge on any atom is -0.352 e. The van der Waals surface area contributed by atoms with E-state index in [1.165, 1.54) is 37.4 Å². The van der Waals surface area contributed by atoms with Gasteiger partial charge in [-0.3, -0.25) is 9.89 Å².